The molecule has 42 valence electrons. The van der Waals surface area contributed by atoms with E-state index in [1.165, 1.54) is 0 Å². The van der Waals surface area contributed by atoms with Crippen LogP contribution in [0, 0.1) is 0 Å². The third-order valence-electron chi connectivity index (χ3n) is 0.995. The molecule has 0 atom stereocenters. The molecule has 0 saturated carbocycles. The van der Waals surface area contributed by atoms with Crippen molar-refractivity contribution in [1.29, 1.82) is 0 Å². The number of rotatable bonds is 0. The van der Waals surface area contributed by atoms with Gasteiger partial charge in [0.15, 0.2) is 0 Å². The van der Waals surface area contributed by atoms with Crippen LogP contribution in [-0.4, -0.2) is 16.0 Å². The first-order valence-corrected chi connectivity index (χ1v) is 3.32. The fourth-order valence-corrected chi connectivity index (χ4v) is 1.25. The Bertz CT molecular complexity index is 93.7. The number of hydrogen-bond acceptors (Lipinski definition) is 1. The Morgan fingerprint density at radius 3 is 2.57 bits per heavy atom. The van der Waals surface area contributed by atoms with Crippen molar-refractivity contribution in [3.8, 4) is 0 Å². The normalized spacial score (nSPS) is 21.4. The summed E-state index contributed by atoms with van der Waals surface area (Å²) in [6.45, 7) is 0.957. The maximum atomic E-state index is 10.5. The molecule has 7 heavy (non-hydrogen) atoms. The molecule has 1 rings (SSSR count). The van der Waals surface area contributed by atoms with E-state index < -0.39 is 0 Å². The minimum absolute atomic E-state index is 0.292. The molecule has 2 nitrogen and oxygen atoms in total. The van der Waals surface area contributed by atoms with Gasteiger partial charge in [-0.25, -0.2) is 0 Å². The zero-order chi connectivity index (χ0) is 5.28. The molecule has 0 unspecified atom stereocenters. The van der Waals surface area contributed by atoms with Gasteiger partial charge >= 0.3 is 52.8 Å². The summed E-state index contributed by atoms with van der Waals surface area (Å²) >= 11 is 1.84. The van der Waals surface area contributed by atoms with Gasteiger partial charge in [-0.05, 0) is 0 Å². The Kier molecular flexibility index (Phi) is 1.45. The Morgan fingerprint density at radius 2 is 2.43 bits per heavy atom. The van der Waals surface area contributed by atoms with Crippen molar-refractivity contribution in [2.24, 2.45) is 0 Å². The summed E-state index contributed by atoms with van der Waals surface area (Å²) in [6, 6.07) is 0. The summed E-state index contributed by atoms with van der Waals surface area (Å²) in [5.41, 5.74) is 0. The molecule has 0 aromatic heterocycles. The van der Waals surface area contributed by atoms with E-state index in [2.05, 4.69) is 0 Å². The van der Waals surface area contributed by atoms with Gasteiger partial charge in [-0.15, -0.1) is 0 Å². The fraction of sp³-hybridized carbons (Fsp3) is 0.750. The molecule has 0 bridgehead atoms. The first-order valence-electron chi connectivity index (χ1n) is 2.25. The molecule has 0 aliphatic carbocycles. The molecular weight excluding hydrogens is 270 g/mol. The fourth-order valence-electron chi connectivity index (χ4n) is 0.603. The molecule has 3 heteroatoms. The quantitative estimate of drug-likeness (QED) is 0.613. The summed E-state index contributed by atoms with van der Waals surface area (Å²) in [6.07, 6.45) is 1.81. The number of hydrogen-bond donors (Lipinski definition) is 0. The third-order valence-corrected chi connectivity index (χ3v) is 2.13. The molecule has 1 heterocycles. The maximum absolute atomic E-state index is 10.5. The second-order valence-electron chi connectivity index (χ2n) is 1.56. The number of carbonyl (C=O) groups is 1. The molecule has 1 amide bonds. The molecule has 0 aromatic rings. The summed E-state index contributed by atoms with van der Waals surface area (Å²) in [5.74, 6) is 0.292. The standard InChI is InChI=1S/C4H7NO.Ir/c6-4-2-1-3-5-4;/h1-3H2,(H,5,6);/q;+1/p-1. The Labute approximate surface area is 53.3 Å². The van der Waals surface area contributed by atoms with Gasteiger partial charge in [-0.1, -0.05) is 0 Å². The Balaban J connectivity index is 2.48. The van der Waals surface area contributed by atoms with E-state index in [4.69, 9.17) is 0 Å². The third kappa shape index (κ3) is 1.01. The van der Waals surface area contributed by atoms with E-state index in [0.717, 1.165) is 19.4 Å². The first kappa shape index (κ1) is 5.26. The van der Waals surface area contributed by atoms with E-state index in [0.29, 0.717) is 5.91 Å². The SMILES string of the molecule is O=C1CCC[N]1[Ir]. The molecule has 0 N–H and O–H groups in total. The van der Waals surface area contributed by atoms with E-state index in [1.807, 2.05) is 19.1 Å². The van der Waals surface area contributed by atoms with Crippen molar-refractivity contribution in [1.82, 2.24) is 3.57 Å². The molecule has 0 aromatic carbocycles. The van der Waals surface area contributed by atoms with Crippen LogP contribution < -0.4 is 0 Å². The number of nitrogens with zero attached hydrogens (tertiary/aromatic N) is 1. The zero-order valence-electron chi connectivity index (χ0n) is 3.81. The predicted octanol–water partition coefficient (Wildman–Crippen LogP) is 0.0706. The summed E-state index contributed by atoms with van der Waals surface area (Å²) in [4.78, 5) is 10.5. The van der Waals surface area contributed by atoms with Crippen LogP contribution in [0.15, 0.2) is 0 Å². The minimum atomic E-state index is 0.292. The van der Waals surface area contributed by atoms with E-state index in [9.17, 15) is 4.79 Å². The molecule has 1 fully saturated rings. The number of amides is 1. The van der Waals surface area contributed by atoms with Gasteiger partial charge in [0.25, 0.3) is 0 Å². The van der Waals surface area contributed by atoms with Crippen LogP contribution in [0.25, 0.3) is 0 Å². The summed E-state index contributed by atoms with van der Waals surface area (Å²) < 4.78 is 1.76. The average Bonchev–Trinajstić information content (AvgIpc) is 1.91. The molecule has 1 aliphatic heterocycles. The van der Waals surface area contributed by atoms with Gasteiger partial charge in [0.2, 0.25) is 0 Å². The summed E-state index contributed by atoms with van der Waals surface area (Å²) in [5, 5.41) is 0. The van der Waals surface area contributed by atoms with Crippen molar-refractivity contribution >= 4 is 5.91 Å². The van der Waals surface area contributed by atoms with E-state index in [-0.39, 0.29) is 0 Å². The van der Waals surface area contributed by atoms with Crippen LogP contribution in [0.2, 0.25) is 0 Å². The van der Waals surface area contributed by atoms with Gasteiger partial charge in [-0.2, -0.15) is 0 Å². The molecular formula is C4H6IrNO. The van der Waals surface area contributed by atoms with Crippen LogP contribution in [-0.2, 0) is 23.9 Å². The van der Waals surface area contributed by atoms with Gasteiger partial charge in [0.05, 0.1) is 0 Å². The topological polar surface area (TPSA) is 20.3 Å². The number of carbonyl (C=O) groups excluding carboxylic acids is 1. The van der Waals surface area contributed by atoms with Crippen LogP contribution in [0.5, 0.6) is 0 Å². The van der Waals surface area contributed by atoms with Gasteiger partial charge in [0.1, 0.15) is 0 Å². The van der Waals surface area contributed by atoms with Crippen molar-refractivity contribution in [2.75, 3.05) is 6.54 Å². The van der Waals surface area contributed by atoms with Crippen LogP contribution in [0.1, 0.15) is 12.8 Å². The van der Waals surface area contributed by atoms with Crippen LogP contribution >= 0.6 is 0 Å². The first-order chi connectivity index (χ1) is 3.30. The van der Waals surface area contributed by atoms with Crippen molar-refractivity contribution < 1.29 is 23.9 Å². The second-order valence-corrected chi connectivity index (χ2v) is 2.85. The molecule has 0 spiro atoms. The van der Waals surface area contributed by atoms with E-state index >= 15 is 0 Å². The molecule has 1 aliphatic rings. The Morgan fingerprint density at radius 1 is 1.71 bits per heavy atom. The molecule has 1 saturated heterocycles. The van der Waals surface area contributed by atoms with Gasteiger partial charge in [0, 0.05) is 0 Å². The predicted molar refractivity (Wildman–Crippen MR) is 20.9 cm³/mol. The van der Waals surface area contributed by atoms with Gasteiger partial charge in [-0.3, -0.25) is 0 Å². The van der Waals surface area contributed by atoms with Crippen LogP contribution in [0.4, 0.5) is 0 Å². The van der Waals surface area contributed by atoms with Crippen molar-refractivity contribution in [3.05, 3.63) is 0 Å². The summed E-state index contributed by atoms with van der Waals surface area (Å²) in [7, 11) is 0. The Hall–Kier alpha value is 0.119. The van der Waals surface area contributed by atoms with Gasteiger partial charge < -0.3 is 0 Å². The van der Waals surface area contributed by atoms with E-state index in [1.54, 1.807) is 3.57 Å². The monoisotopic (exact) mass is 277 g/mol. The van der Waals surface area contributed by atoms with Crippen molar-refractivity contribution in [3.63, 3.8) is 0 Å². The van der Waals surface area contributed by atoms with Crippen LogP contribution in [0.3, 0.4) is 0 Å². The second kappa shape index (κ2) is 1.93. The van der Waals surface area contributed by atoms with Crippen molar-refractivity contribution in [2.45, 2.75) is 12.8 Å². The average molecular weight is 276 g/mol. The zero-order valence-corrected chi connectivity index (χ0v) is 6.21. The molecule has 0 radical (unpaired) electrons.